The van der Waals surface area contributed by atoms with Gasteiger partial charge < -0.3 is 5.32 Å². The summed E-state index contributed by atoms with van der Waals surface area (Å²) in [6.45, 7) is 2.21. The first kappa shape index (κ1) is 14.9. The summed E-state index contributed by atoms with van der Waals surface area (Å²) in [4.78, 5) is 10.3. The average molecular weight is 316 g/mol. The standard InChI is InChI=1S/C10H16N6O2S2/c1-6-5-7-8(13-3-4-20(17,18)12-2)14-10(16-11)15-9(7)19-6/h5,12H,3-4,11H2,1-2H3,(H2,13,14,15,16). The zero-order valence-electron chi connectivity index (χ0n) is 11.1. The first-order valence-electron chi connectivity index (χ1n) is 5.85. The van der Waals surface area contributed by atoms with E-state index in [1.165, 1.54) is 18.4 Å². The number of rotatable bonds is 6. The van der Waals surface area contributed by atoms with Crippen LogP contribution < -0.4 is 21.3 Å². The Morgan fingerprint density at radius 1 is 1.40 bits per heavy atom. The van der Waals surface area contributed by atoms with Crippen LogP contribution in [0.5, 0.6) is 0 Å². The molecule has 0 aliphatic heterocycles. The van der Waals surface area contributed by atoms with Crippen LogP contribution in [0.1, 0.15) is 4.88 Å². The molecule has 2 rings (SSSR count). The van der Waals surface area contributed by atoms with Crippen molar-refractivity contribution in [1.82, 2.24) is 14.7 Å². The molecule has 0 aliphatic rings. The van der Waals surface area contributed by atoms with Gasteiger partial charge in [-0.25, -0.2) is 24.0 Å². The third-order valence-electron chi connectivity index (χ3n) is 2.62. The van der Waals surface area contributed by atoms with Crippen LogP contribution in [0.25, 0.3) is 10.2 Å². The van der Waals surface area contributed by atoms with Crippen LogP contribution >= 0.6 is 11.3 Å². The molecule has 0 radical (unpaired) electrons. The predicted molar refractivity (Wildman–Crippen MR) is 81.3 cm³/mol. The van der Waals surface area contributed by atoms with E-state index in [2.05, 4.69) is 25.4 Å². The summed E-state index contributed by atoms with van der Waals surface area (Å²) in [6.07, 6.45) is 0. The van der Waals surface area contributed by atoms with E-state index in [-0.39, 0.29) is 12.3 Å². The van der Waals surface area contributed by atoms with Crippen LogP contribution in [-0.4, -0.2) is 37.7 Å². The van der Waals surface area contributed by atoms with E-state index < -0.39 is 10.0 Å². The minimum Gasteiger partial charge on any atom is -0.368 e. The molecule has 0 fully saturated rings. The van der Waals surface area contributed by atoms with Gasteiger partial charge in [-0.3, -0.25) is 5.43 Å². The second kappa shape index (κ2) is 5.87. The average Bonchev–Trinajstić information content (AvgIpc) is 2.78. The number of hydrogen-bond acceptors (Lipinski definition) is 8. The maximum Gasteiger partial charge on any atom is 0.240 e. The molecule has 10 heteroatoms. The Kier molecular flexibility index (Phi) is 4.38. The lowest BCUT2D eigenvalue weighted by atomic mass is 10.3. The number of nitrogens with one attached hydrogen (secondary N) is 3. The molecule has 0 unspecified atom stereocenters. The number of aryl methyl sites for hydroxylation is 1. The Labute approximate surface area is 120 Å². The number of hydrogen-bond donors (Lipinski definition) is 4. The van der Waals surface area contributed by atoms with E-state index in [0.29, 0.717) is 11.8 Å². The Bertz CT molecular complexity index is 712. The highest BCUT2D eigenvalue weighted by Gasteiger charge is 2.11. The van der Waals surface area contributed by atoms with Crippen molar-refractivity contribution in [3.63, 3.8) is 0 Å². The molecule has 0 atom stereocenters. The van der Waals surface area contributed by atoms with E-state index >= 15 is 0 Å². The molecular weight excluding hydrogens is 300 g/mol. The van der Waals surface area contributed by atoms with Crippen molar-refractivity contribution >= 4 is 43.3 Å². The second-order valence-corrected chi connectivity index (χ2v) is 7.35. The summed E-state index contributed by atoms with van der Waals surface area (Å²) in [6, 6.07) is 1.95. The number of hydrazine groups is 1. The van der Waals surface area contributed by atoms with Gasteiger partial charge in [-0.1, -0.05) is 0 Å². The van der Waals surface area contributed by atoms with Crippen molar-refractivity contribution in [1.29, 1.82) is 0 Å². The zero-order valence-corrected chi connectivity index (χ0v) is 12.7. The largest absolute Gasteiger partial charge is 0.368 e. The van der Waals surface area contributed by atoms with E-state index in [9.17, 15) is 8.42 Å². The fourth-order valence-electron chi connectivity index (χ4n) is 1.65. The van der Waals surface area contributed by atoms with Gasteiger partial charge in [0.05, 0.1) is 11.1 Å². The lowest BCUT2D eigenvalue weighted by Crippen LogP contribution is -2.26. The van der Waals surface area contributed by atoms with Crippen LogP contribution in [0, 0.1) is 6.92 Å². The molecule has 0 spiro atoms. The number of nitrogens with two attached hydrogens (primary N) is 1. The first-order chi connectivity index (χ1) is 9.45. The fraction of sp³-hybridized carbons (Fsp3) is 0.400. The zero-order chi connectivity index (χ0) is 14.8. The lowest BCUT2D eigenvalue weighted by molar-refractivity contribution is 0.588. The van der Waals surface area contributed by atoms with Gasteiger partial charge in [0.15, 0.2) is 0 Å². The van der Waals surface area contributed by atoms with Crippen molar-refractivity contribution in [3.05, 3.63) is 10.9 Å². The maximum atomic E-state index is 11.4. The molecule has 0 aliphatic carbocycles. The highest BCUT2D eigenvalue weighted by molar-refractivity contribution is 7.89. The Balaban J connectivity index is 2.24. The number of fused-ring (bicyclic) bond motifs is 1. The highest BCUT2D eigenvalue weighted by atomic mass is 32.2. The molecule has 0 aromatic carbocycles. The second-order valence-electron chi connectivity index (χ2n) is 4.07. The van der Waals surface area contributed by atoms with Crippen molar-refractivity contribution in [3.8, 4) is 0 Å². The molecular formula is C10H16N6O2S2. The van der Waals surface area contributed by atoms with Gasteiger partial charge >= 0.3 is 0 Å². The van der Waals surface area contributed by atoms with Crippen LogP contribution in [0.3, 0.4) is 0 Å². The highest BCUT2D eigenvalue weighted by Crippen LogP contribution is 2.29. The molecule has 8 nitrogen and oxygen atoms in total. The Hall–Kier alpha value is -1.49. The minimum atomic E-state index is -3.25. The Morgan fingerprint density at radius 3 is 2.80 bits per heavy atom. The van der Waals surface area contributed by atoms with E-state index in [1.807, 2.05) is 13.0 Å². The molecule has 0 saturated carbocycles. The topological polar surface area (TPSA) is 122 Å². The van der Waals surface area contributed by atoms with Crippen molar-refractivity contribution in [2.75, 3.05) is 30.1 Å². The summed E-state index contributed by atoms with van der Waals surface area (Å²) in [7, 11) is -1.86. The summed E-state index contributed by atoms with van der Waals surface area (Å²) >= 11 is 1.52. The molecule has 0 amide bonds. The van der Waals surface area contributed by atoms with E-state index in [1.54, 1.807) is 0 Å². The van der Waals surface area contributed by atoms with Crippen molar-refractivity contribution in [2.24, 2.45) is 5.84 Å². The molecule has 5 N–H and O–H groups in total. The number of anilines is 2. The van der Waals surface area contributed by atoms with Crippen LogP contribution in [0.4, 0.5) is 11.8 Å². The molecule has 0 bridgehead atoms. The monoisotopic (exact) mass is 316 g/mol. The summed E-state index contributed by atoms with van der Waals surface area (Å²) in [5, 5.41) is 3.86. The molecule has 2 aromatic heterocycles. The van der Waals surface area contributed by atoms with Gasteiger partial charge in [-0.15, -0.1) is 11.3 Å². The third kappa shape index (κ3) is 3.33. The number of nitrogen functional groups attached to an aromatic ring is 1. The molecule has 2 aromatic rings. The third-order valence-corrected chi connectivity index (χ3v) is 4.93. The Morgan fingerprint density at radius 2 is 2.15 bits per heavy atom. The normalized spacial score (nSPS) is 11.8. The van der Waals surface area contributed by atoms with Crippen LogP contribution in [-0.2, 0) is 10.0 Å². The van der Waals surface area contributed by atoms with Crippen molar-refractivity contribution < 1.29 is 8.42 Å². The SMILES string of the molecule is CNS(=O)(=O)CCNc1nc(NN)nc2sc(C)cc12. The van der Waals surface area contributed by atoms with Gasteiger partial charge in [0, 0.05) is 11.4 Å². The number of thiophene rings is 1. The van der Waals surface area contributed by atoms with Gasteiger partial charge in [0.2, 0.25) is 16.0 Å². The fourth-order valence-corrected chi connectivity index (χ4v) is 3.10. The number of sulfonamides is 1. The quantitative estimate of drug-likeness (QED) is 0.445. The van der Waals surface area contributed by atoms with Gasteiger partial charge in [-0.05, 0) is 20.0 Å². The molecule has 0 saturated heterocycles. The molecule has 20 heavy (non-hydrogen) atoms. The number of nitrogens with zero attached hydrogens (tertiary/aromatic N) is 2. The smallest absolute Gasteiger partial charge is 0.240 e. The van der Waals surface area contributed by atoms with Gasteiger partial charge in [0.1, 0.15) is 10.6 Å². The summed E-state index contributed by atoms with van der Waals surface area (Å²) < 4.78 is 25.0. The van der Waals surface area contributed by atoms with Crippen molar-refractivity contribution in [2.45, 2.75) is 6.92 Å². The van der Waals surface area contributed by atoms with Crippen LogP contribution in [0.15, 0.2) is 6.07 Å². The maximum absolute atomic E-state index is 11.4. The van der Waals surface area contributed by atoms with E-state index in [4.69, 9.17) is 5.84 Å². The molecule has 2 heterocycles. The first-order valence-corrected chi connectivity index (χ1v) is 8.32. The van der Waals surface area contributed by atoms with Crippen LogP contribution in [0.2, 0.25) is 0 Å². The minimum absolute atomic E-state index is 0.0382. The van der Waals surface area contributed by atoms with Gasteiger partial charge in [-0.2, -0.15) is 4.98 Å². The lowest BCUT2D eigenvalue weighted by Gasteiger charge is -2.08. The van der Waals surface area contributed by atoms with Gasteiger partial charge in [0.25, 0.3) is 0 Å². The number of aromatic nitrogens is 2. The summed E-state index contributed by atoms with van der Waals surface area (Å²) in [5.74, 6) is 6.15. The molecule has 110 valence electrons. The summed E-state index contributed by atoms with van der Waals surface area (Å²) in [5.41, 5.74) is 2.40. The van der Waals surface area contributed by atoms with E-state index in [0.717, 1.165) is 15.1 Å². The predicted octanol–water partition coefficient (Wildman–Crippen LogP) is 0.246.